The summed E-state index contributed by atoms with van der Waals surface area (Å²) in [6.45, 7) is 1.71. The summed E-state index contributed by atoms with van der Waals surface area (Å²) in [6, 6.07) is 10.2. The van der Waals surface area contributed by atoms with Gasteiger partial charge in [0.05, 0.1) is 64.0 Å². The van der Waals surface area contributed by atoms with Gasteiger partial charge in [-0.05, 0) is 86.3 Å². The quantitative estimate of drug-likeness (QED) is 0.140. The van der Waals surface area contributed by atoms with Gasteiger partial charge in [0, 0.05) is 53.5 Å². The van der Waals surface area contributed by atoms with E-state index in [4.69, 9.17) is 47.4 Å². The first-order chi connectivity index (χ1) is 26.7. The highest BCUT2D eigenvalue weighted by atomic mass is 16.5. The molecule has 0 spiro atoms. The molecular weight excluding hydrogens is 704 g/mol. The van der Waals surface area contributed by atoms with Gasteiger partial charge in [0.15, 0.2) is 46.0 Å². The highest BCUT2D eigenvalue weighted by Gasteiger charge is 2.40. The van der Waals surface area contributed by atoms with Crippen LogP contribution in [0.5, 0.6) is 63.2 Å². The Bertz CT molecular complexity index is 2100. The minimum atomic E-state index is -0.0460. The van der Waals surface area contributed by atoms with Crippen molar-refractivity contribution in [1.29, 1.82) is 0 Å². The Morgan fingerprint density at radius 3 is 1.75 bits per heavy atom. The van der Waals surface area contributed by atoms with Gasteiger partial charge in [-0.1, -0.05) is 0 Å². The van der Waals surface area contributed by atoms with Gasteiger partial charge in [0.1, 0.15) is 5.75 Å². The van der Waals surface area contributed by atoms with E-state index in [-0.39, 0.29) is 12.1 Å². The molecule has 55 heavy (non-hydrogen) atoms. The summed E-state index contributed by atoms with van der Waals surface area (Å²) >= 11 is 0. The highest BCUT2D eigenvalue weighted by Crippen LogP contribution is 2.58. The van der Waals surface area contributed by atoms with Gasteiger partial charge in [-0.2, -0.15) is 0 Å². The Hall–Kier alpha value is -5.20. The number of likely N-dealkylation sites (N-methyl/N-ethyl adjacent to an activating group) is 2. The predicted molar refractivity (Wildman–Crippen MR) is 209 cm³/mol. The van der Waals surface area contributed by atoms with Crippen molar-refractivity contribution in [2.24, 2.45) is 0 Å². The van der Waals surface area contributed by atoms with Crippen LogP contribution in [-0.4, -0.2) is 101 Å². The summed E-state index contributed by atoms with van der Waals surface area (Å²) in [5.74, 6) is 6.82. The molecule has 0 saturated heterocycles. The largest absolute Gasteiger partial charge is 0.493 e. The Labute approximate surface area is 323 Å². The average Bonchev–Trinajstić information content (AvgIpc) is 3.21. The van der Waals surface area contributed by atoms with E-state index >= 15 is 0 Å². The van der Waals surface area contributed by atoms with Crippen molar-refractivity contribution in [2.45, 2.75) is 37.8 Å². The van der Waals surface area contributed by atoms with Gasteiger partial charge in [-0.3, -0.25) is 9.80 Å². The van der Waals surface area contributed by atoms with Gasteiger partial charge in [0.2, 0.25) is 11.5 Å². The van der Waals surface area contributed by atoms with E-state index in [0.717, 1.165) is 77.0 Å². The average molecular weight is 757 g/mol. The molecule has 0 N–H and O–H groups in total. The standard InChI is InChI=1S/C43H52N2O10/c1-44-14-12-25-28(21-36(49-6)41(52-9)39(25)50-7)29(44)17-24-19-32(46-3)34(48-5)22-31(24)55-35-18-23-16-30-37-26(13-15-45(30)2)40(51-8)43(54-11)42(53-10)38(37)27(23)20-33(35)47-4/h18-22,29-30H,12-17H2,1-11H3/t29-,30+/m1/s1. The van der Waals surface area contributed by atoms with Gasteiger partial charge in [-0.15, -0.1) is 0 Å². The van der Waals surface area contributed by atoms with Crippen LogP contribution < -0.4 is 47.4 Å². The Balaban J connectivity index is 1.36. The highest BCUT2D eigenvalue weighted by molar-refractivity contribution is 5.87. The molecular formula is C43H52N2O10. The van der Waals surface area contributed by atoms with Crippen LogP contribution >= 0.6 is 0 Å². The molecule has 0 saturated carbocycles. The lowest BCUT2D eigenvalue weighted by atomic mass is 9.76. The molecule has 3 aliphatic rings. The molecule has 0 radical (unpaired) electrons. The van der Waals surface area contributed by atoms with Crippen molar-refractivity contribution in [1.82, 2.24) is 9.80 Å². The maximum Gasteiger partial charge on any atom is 0.204 e. The maximum atomic E-state index is 6.95. The molecule has 4 aromatic carbocycles. The summed E-state index contributed by atoms with van der Waals surface area (Å²) in [4.78, 5) is 4.74. The fraction of sp³-hybridized carbons (Fsp3) is 0.442. The molecule has 7 rings (SSSR count). The predicted octanol–water partition coefficient (Wildman–Crippen LogP) is 7.08. The molecule has 294 valence electrons. The number of methoxy groups -OCH3 is 9. The summed E-state index contributed by atoms with van der Waals surface area (Å²) in [5, 5.41) is 0. The van der Waals surface area contributed by atoms with Crippen LogP contribution in [0.2, 0.25) is 0 Å². The van der Waals surface area contributed by atoms with Crippen molar-refractivity contribution in [3.05, 3.63) is 63.7 Å². The van der Waals surface area contributed by atoms with Crippen LogP contribution in [0.25, 0.3) is 11.1 Å². The molecule has 2 aliphatic heterocycles. The smallest absolute Gasteiger partial charge is 0.204 e. The molecule has 0 fully saturated rings. The number of benzene rings is 4. The third-order valence-electron chi connectivity index (χ3n) is 11.5. The molecule has 0 aromatic heterocycles. The molecule has 2 atom stereocenters. The van der Waals surface area contributed by atoms with Crippen molar-refractivity contribution >= 4 is 0 Å². The second kappa shape index (κ2) is 15.5. The number of hydrogen-bond donors (Lipinski definition) is 0. The maximum absolute atomic E-state index is 6.95. The van der Waals surface area contributed by atoms with Gasteiger partial charge >= 0.3 is 0 Å². The minimum absolute atomic E-state index is 0.0460. The molecule has 12 nitrogen and oxygen atoms in total. The van der Waals surface area contributed by atoms with E-state index in [0.29, 0.717) is 63.9 Å². The number of hydrogen-bond acceptors (Lipinski definition) is 12. The number of fused-ring (bicyclic) bond motifs is 3. The molecule has 2 heterocycles. The number of ether oxygens (including phenoxy) is 10. The summed E-state index contributed by atoms with van der Waals surface area (Å²) in [7, 11) is 19.2. The number of rotatable bonds is 13. The Morgan fingerprint density at radius 1 is 0.527 bits per heavy atom. The molecule has 4 aromatic rings. The van der Waals surface area contributed by atoms with Crippen molar-refractivity contribution < 1.29 is 47.4 Å². The van der Waals surface area contributed by atoms with Gasteiger partial charge in [-0.25, -0.2) is 0 Å². The lowest BCUT2D eigenvalue weighted by Crippen LogP contribution is -2.36. The topological polar surface area (TPSA) is 98.8 Å². The third-order valence-corrected chi connectivity index (χ3v) is 11.5. The lowest BCUT2D eigenvalue weighted by molar-refractivity contribution is 0.222. The van der Waals surface area contributed by atoms with Crippen molar-refractivity contribution in [2.75, 3.05) is 91.2 Å². The first-order valence-electron chi connectivity index (χ1n) is 18.4. The summed E-state index contributed by atoms with van der Waals surface area (Å²) in [6.07, 6.45) is 2.99. The third kappa shape index (κ3) is 6.25. The van der Waals surface area contributed by atoms with Crippen LogP contribution in [0.1, 0.15) is 45.5 Å². The first kappa shape index (κ1) is 38.1. The zero-order valence-electron chi connectivity index (χ0n) is 33.8. The van der Waals surface area contributed by atoms with E-state index in [1.807, 2.05) is 12.1 Å². The van der Waals surface area contributed by atoms with Crippen molar-refractivity contribution in [3.63, 3.8) is 0 Å². The van der Waals surface area contributed by atoms with Crippen molar-refractivity contribution in [3.8, 4) is 74.4 Å². The van der Waals surface area contributed by atoms with Crippen LogP contribution in [0.15, 0.2) is 30.3 Å². The van der Waals surface area contributed by atoms with Crippen LogP contribution in [0.4, 0.5) is 0 Å². The molecule has 12 heteroatoms. The van der Waals surface area contributed by atoms with E-state index in [1.165, 1.54) is 5.56 Å². The van der Waals surface area contributed by atoms with Gasteiger partial charge in [0.25, 0.3) is 0 Å². The Kier molecular flexibility index (Phi) is 10.7. The fourth-order valence-corrected chi connectivity index (χ4v) is 8.82. The van der Waals surface area contributed by atoms with Crippen LogP contribution in [0.3, 0.4) is 0 Å². The molecule has 0 amide bonds. The summed E-state index contributed by atoms with van der Waals surface area (Å²) in [5.41, 5.74) is 8.60. The first-order valence-corrected chi connectivity index (χ1v) is 18.4. The zero-order valence-corrected chi connectivity index (χ0v) is 33.8. The normalized spacial score (nSPS) is 17.3. The van der Waals surface area contributed by atoms with E-state index in [1.54, 1.807) is 64.0 Å². The lowest BCUT2D eigenvalue weighted by Gasteiger charge is -2.41. The van der Waals surface area contributed by atoms with E-state index in [9.17, 15) is 0 Å². The van der Waals surface area contributed by atoms with E-state index < -0.39 is 0 Å². The fourth-order valence-electron chi connectivity index (χ4n) is 8.82. The molecule has 0 unspecified atom stereocenters. The Morgan fingerprint density at radius 2 is 1.11 bits per heavy atom. The molecule has 0 bridgehead atoms. The SMILES string of the molecule is COc1cc(C[C@@H]2c3cc(OC)c(OC)c(OC)c3CCN2C)c(Oc2cc3c(cc2OC)-c2c(OC)c(OC)c(OC)c4c2[C@H](C3)N(C)CC4)cc1OC. The molecule has 1 aliphatic carbocycles. The van der Waals surface area contributed by atoms with Crippen LogP contribution in [0, 0.1) is 0 Å². The minimum Gasteiger partial charge on any atom is -0.493 e. The second-order valence-corrected chi connectivity index (χ2v) is 14.1. The van der Waals surface area contributed by atoms with Gasteiger partial charge < -0.3 is 47.4 Å². The van der Waals surface area contributed by atoms with Crippen LogP contribution in [-0.2, 0) is 25.7 Å². The van der Waals surface area contributed by atoms with E-state index in [2.05, 4.69) is 42.1 Å². The monoisotopic (exact) mass is 756 g/mol. The second-order valence-electron chi connectivity index (χ2n) is 14.1. The zero-order chi connectivity index (χ0) is 39.1. The number of nitrogens with zero attached hydrogens (tertiary/aromatic N) is 2. The summed E-state index contributed by atoms with van der Waals surface area (Å²) < 4.78 is 60.1.